The first-order valence-corrected chi connectivity index (χ1v) is 6.39. The quantitative estimate of drug-likeness (QED) is 0.848. The molecule has 0 aliphatic rings. The molecule has 0 saturated heterocycles. The molecule has 1 aromatic rings. The molecule has 1 amide bonds. The summed E-state index contributed by atoms with van der Waals surface area (Å²) in [5.74, 6) is -0.678. The summed E-state index contributed by atoms with van der Waals surface area (Å²) in [4.78, 5) is 23.3. The molecule has 1 aromatic carbocycles. The predicted molar refractivity (Wildman–Crippen MR) is 74.1 cm³/mol. The summed E-state index contributed by atoms with van der Waals surface area (Å²) in [5.41, 5.74) is 1.42. The van der Waals surface area contributed by atoms with Gasteiger partial charge in [-0.25, -0.2) is 0 Å². The predicted octanol–water partition coefficient (Wildman–Crippen LogP) is 2.28. The van der Waals surface area contributed by atoms with E-state index in [1.807, 2.05) is 39.0 Å². The first-order valence-electron chi connectivity index (χ1n) is 6.39. The Balaban J connectivity index is 2.80. The Morgan fingerprint density at radius 1 is 1.21 bits per heavy atom. The molecule has 0 spiro atoms. The largest absolute Gasteiger partial charge is 0.465 e. The molecule has 0 radical (unpaired) electrons. The molecule has 0 unspecified atom stereocenters. The Hall–Kier alpha value is -1.84. The highest BCUT2D eigenvalue weighted by Crippen LogP contribution is 2.25. The van der Waals surface area contributed by atoms with Crippen LogP contribution in [0.3, 0.4) is 0 Å². The van der Waals surface area contributed by atoms with E-state index in [2.05, 4.69) is 5.32 Å². The van der Waals surface area contributed by atoms with Crippen molar-refractivity contribution in [1.29, 1.82) is 0 Å². The van der Waals surface area contributed by atoms with Crippen molar-refractivity contribution in [3.63, 3.8) is 0 Å². The monoisotopic (exact) mass is 263 g/mol. The van der Waals surface area contributed by atoms with Gasteiger partial charge in [-0.2, -0.15) is 0 Å². The lowest BCUT2D eigenvalue weighted by Crippen LogP contribution is -2.32. The van der Waals surface area contributed by atoms with E-state index < -0.39 is 5.97 Å². The summed E-state index contributed by atoms with van der Waals surface area (Å²) in [7, 11) is 0. The van der Waals surface area contributed by atoms with Crippen LogP contribution in [-0.4, -0.2) is 25.0 Å². The highest BCUT2D eigenvalue weighted by atomic mass is 16.5. The van der Waals surface area contributed by atoms with Crippen molar-refractivity contribution >= 4 is 11.9 Å². The Labute approximate surface area is 114 Å². The van der Waals surface area contributed by atoms with Gasteiger partial charge in [0.05, 0.1) is 6.61 Å². The first-order chi connectivity index (χ1) is 8.86. The highest BCUT2D eigenvalue weighted by Gasteiger charge is 2.21. The lowest BCUT2D eigenvalue weighted by molar-refractivity contribution is -0.141. The number of rotatable bonds is 4. The molecular formula is C15H21NO3. The fourth-order valence-corrected chi connectivity index (χ4v) is 1.79. The molecular weight excluding hydrogens is 242 g/mol. The van der Waals surface area contributed by atoms with Crippen LogP contribution in [-0.2, 0) is 14.9 Å². The van der Waals surface area contributed by atoms with E-state index in [1.165, 1.54) is 0 Å². The summed E-state index contributed by atoms with van der Waals surface area (Å²) in [6.07, 6.45) is 0. The van der Waals surface area contributed by atoms with E-state index in [0.29, 0.717) is 12.2 Å². The van der Waals surface area contributed by atoms with Crippen molar-refractivity contribution in [2.45, 2.75) is 33.1 Å². The van der Waals surface area contributed by atoms with Gasteiger partial charge in [-0.15, -0.1) is 0 Å². The molecule has 19 heavy (non-hydrogen) atoms. The van der Waals surface area contributed by atoms with Crippen LogP contribution in [0.5, 0.6) is 0 Å². The third-order valence-corrected chi connectivity index (χ3v) is 2.68. The normalized spacial score (nSPS) is 10.9. The Bertz CT molecular complexity index is 461. The Kier molecular flexibility index (Phi) is 5.10. The molecule has 4 heteroatoms. The number of carbonyl (C=O) groups excluding carboxylic acids is 2. The van der Waals surface area contributed by atoms with Crippen LogP contribution in [0.25, 0.3) is 0 Å². The molecule has 0 fully saturated rings. The molecule has 0 heterocycles. The average Bonchev–Trinajstić information content (AvgIpc) is 2.35. The maximum atomic E-state index is 12.1. The fraction of sp³-hybridized carbons (Fsp3) is 0.467. The highest BCUT2D eigenvalue weighted by molar-refractivity contribution is 5.97. The maximum Gasteiger partial charge on any atom is 0.325 e. The van der Waals surface area contributed by atoms with Crippen LogP contribution in [0.2, 0.25) is 0 Å². The SMILES string of the molecule is CCOC(=O)CNC(=O)c1ccccc1C(C)(C)C. The van der Waals surface area contributed by atoms with Gasteiger partial charge in [-0.1, -0.05) is 39.0 Å². The lowest BCUT2D eigenvalue weighted by Gasteiger charge is -2.22. The van der Waals surface area contributed by atoms with Crippen LogP contribution in [0.4, 0.5) is 0 Å². The number of esters is 1. The number of hydrogen-bond donors (Lipinski definition) is 1. The van der Waals surface area contributed by atoms with Crippen molar-refractivity contribution in [3.8, 4) is 0 Å². The van der Waals surface area contributed by atoms with E-state index >= 15 is 0 Å². The number of benzene rings is 1. The van der Waals surface area contributed by atoms with E-state index in [4.69, 9.17) is 4.74 Å². The molecule has 0 atom stereocenters. The molecule has 0 bridgehead atoms. The summed E-state index contributed by atoms with van der Waals surface area (Å²) in [6.45, 7) is 8.08. The number of hydrogen-bond acceptors (Lipinski definition) is 3. The van der Waals surface area contributed by atoms with Crippen LogP contribution >= 0.6 is 0 Å². The second-order valence-corrected chi connectivity index (χ2v) is 5.28. The van der Waals surface area contributed by atoms with Crippen LogP contribution in [0.15, 0.2) is 24.3 Å². The molecule has 0 aromatic heterocycles. The van der Waals surface area contributed by atoms with Crippen molar-refractivity contribution in [2.24, 2.45) is 0 Å². The Morgan fingerprint density at radius 3 is 2.42 bits per heavy atom. The summed E-state index contributed by atoms with van der Waals surface area (Å²) < 4.78 is 4.77. The van der Waals surface area contributed by atoms with Gasteiger partial charge in [0.2, 0.25) is 0 Å². The second-order valence-electron chi connectivity index (χ2n) is 5.28. The molecule has 1 rings (SSSR count). The minimum atomic E-state index is -0.427. The number of nitrogens with one attached hydrogen (secondary N) is 1. The topological polar surface area (TPSA) is 55.4 Å². The molecule has 104 valence electrons. The molecule has 0 saturated carbocycles. The van der Waals surface area contributed by atoms with Gasteiger partial charge in [0.25, 0.3) is 5.91 Å². The van der Waals surface area contributed by atoms with Crippen LogP contribution in [0.1, 0.15) is 43.6 Å². The van der Waals surface area contributed by atoms with E-state index in [9.17, 15) is 9.59 Å². The van der Waals surface area contributed by atoms with E-state index in [0.717, 1.165) is 5.56 Å². The maximum absolute atomic E-state index is 12.1. The van der Waals surface area contributed by atoms with Gasteiger partial charge in [0.15, 0.2) is 0 Å². The van der Waals surface area contributed by atoms with Crippen LogP contribution in [0, 0.1) is 0 Å². The van der Waals surface area contributed by atoms with Gasteiger partial charge in [-0.3, -0.25) is 9.59 Å². The standard InChI is InChI=1S/C15H21NO3/c1-5-19-13(17)10-16-14(18)11-8-6-7-9-12(11)15(2,3)4/h6-9H,5,10H2,1-4H3,(H,16,18). The minimum Gasteiger partial charge on any atom is -0.465 e. The average molecular weight is 263 g/mol. The smallest absolute Gasteiger partial charge is 0.325 e. The number of amides is 1. The van der Waals surface area contributed by atoms with E-state index in [1.54, 1.807) is 13.0 Å². The fourth-order valence-electron chi connectivity index (χ4n) is 1.79. The number of ether oxygens (including phenoxy) is 1. The molecule has 4 nitrogen and oxygen atoms in total. The lowest BCUT2D eigenvalue weighted by atomic mass is 9.83. The molecule has 1 N–H and O–H groups in total. The van der Waals surface area contributed by atoms with Gasteiger partial charge >= 0.3 is 5.97 Å². The van der Waals surface area contributed by atoms with Gasteiger partial charge in [0.1, 0.15) is 6.54 Å². The third-order valence-electron chi connectivity index (χ3n) is 2.68. The van der Waals surface area contributed by atoms with Crippen molar-refractivity contribution < 1.29 is 14.3 Å². The van der Waals surface area contributed by atoms with Crippen molar-refractivity contribution in [3.05, 3.63) is 35.4 Å². The van der Waals surface area contributed by atoms with Crippen molar-refractivity contribution in [2.75, 3.05) is 13.2 Å². The summed E-state index contributed by atoms with van der Waals surface area (Å²) in [6, 6.07) is 7.41. The zero-order valence-corrected chi connectivity index (χ0v) is 11.9. The summed E-state index contributed by atoms with van der Waals surface area (Å²) >= 11 is 0. The zero-order valence-electron chi connectivity index (χ0n) is 11.9. The van der Waals surface area contributed by atoms with Gasteiger partial charge in [-0.05, 0) is 24.0 Å². The van der Waals surface area contributed by atoms with Crippen LogP contribution < -0.4 is 5.32 Å². The van der Waals surface area contributed by atoms with Crippen molar-refractivity contribution in [1.82, 2.24) is 5.32 Å². The van der Waals surface area contributed by atoms with Gasteiger partial charge < -0.3 is 10.1 Å². The number of carbonyl (C=O) groups is 2. The zero-order chi connectivity index (χ0) is 14.5. The molecule has 0 aliphatic heterocycles. The Morgan fingerprint density at radius 2 is 1.84 bits per heavy atom. The minimum absolute atomic E-state index is 0.106. The molecule has 0 aliphatic carbocycles. The second kappa shape index (κ2) is 6.36. The van der Waals surface area contributed by atoms with Gasteiger partial charge in [0, 0.05) is 5.56 Å². The van der Waals surface area contributed by atoms with E-state index in [-0.39, 0.29) is 17.9 Å². The summed E-state index contributed by atoms with van der Waals surface area (Å²) in [5, 5.41) is 2.58. The third kappa shape index (κ3) is 4.39. The first kappa shape index (κ1) is 15.2.